The summed E-state index contributed by atoms with van der Waals surface area (Å²) < 4.78 is 73.4. The second-order valence-corrected chi connectivity index (χ2v) is 3.76. The number of aromatic nitrogens is 2. The van der Waals surface area contributed by atoms with Crippen molar-refractivity contribution in [2.24, 2.45) is 0 Å². The van der Waals surface area contributed by atoms with Crippen LogP contribution in [0.2, 0.25) is 0 Å². The van der Waals surface area contributed by atoms with E-state index in [1.54, 1.807) is 0 Å². The minimum Gasteiger partial charge on any atom is -0.497 e. The summed E-state index contributed by atoms with van der Waals surface area (Å²) in [6.45, 7) is 0. The minimum atomic E-state index is -4.71. The maximum atomic E-state index is 13.6. The first kappa shape index (κ1) is 14.9. The molecule has 0 fully saturated rings. The van der Waals surface area contributed by atoms with Crippen molar-refractivity contribution in [3.8, 4) is 17.2 Å². The van der Waals surface area contributed by atoms with Crippen LogP contribution in [0.25, 0.3) is 0 Å². The average molecular weight is 306 g/mol. The molecule has 2 aromatic rings. The number of nitrogens with zero attached hydrogens (tertiary/aromatic N) is 2. The van der Waals surface area contributed by atoms with Crippen molar-refractivity contribution in [2.45, 2.75) is 6.18 Å². The molecule has 1 heterocycles. The Balaban J connectivity index is 2.26. The van der Waals surface area contributed by atoms with E-state index >= 15 is 0 Å². The molecule has 0 radical (unpaired) electrons. The number of methoxy groups -OCH3 is 1. The summed E-state index contributed by atoms with van der Waals surface area (Å²) in [4.78, 5) is 6.02. The number of benzene rings is 1. The Morgan fingerprint density at radius 2 is 1.48 bits per heavy atom. The van der Waals surface area contributed by atoms with Crippen LogP contribution in [0.3, 0.4) is 0 Å². The van der Waals surface area contributed by atoms with E-state index in [2.05, 4.69) is 14.7 Å². The molecule has 0 aliphatic heterocycles. The highest BCUT2D eigenvalue weighted by molar-refractivity contribution is 5.37. The predicted octanol–water partition coefficient (Wildman–Crippen LogP) is 3.57. The Bertz CT molecular complexity index is 620. The summed E-state index contributed by atoms with van der Waals surface area (Å²) in [5.41, 5.74) is 0. The molecule has 0 bridgehead atoms. The Hall–Kier alpha value is -2.45. The molecule has 4 nitrogen and oxygen atoms in total. The molecule has 0 spiro atoms. The highest BCUT2D eigenvalue weighted by Crippen LogP contribution is 2.31. The van der Waals surface area contributed by atoms with Crippen LogP contribution in [-0.2, 0) is 6.18 Å². The smallest absolute Gasteiger partial charge is 0.451 e. The van der Waals surface area contributed by atoms with Gasteiger partial charge in [0.1, 0.15) is 5.75 Å². The Morgan fingerprint density at radius 1 is 0.952 bits per heavy atom. The van der Waals surface area contributed by atoms with Crippen LogP contribution in [-0.4, -0.2) is 17.1 Å². The zero-order valence-corrected chi connectivity index (χ0v) is 10.4. The van der Waals surface area contributed by atoms with E-state index in [0.29, 0.717) is 12.4 Å². The van der Waals surface area contributed by atoms with Gasteiger partial charge in [0, 0.05) is 12.1 Å². The van der Waals surface area contributed by atoms with Gasteiger partial charge in [-0.15, -0.1) is 0 Å². The van der Waals surface area contributed by atoms with E-state index in [0.717, 1.165) is 12.1 Å². The molecular weight excluding hydrogens is 299 g/mol. The number of halogens is 5. The van der Waals surface area contributed by atoms with Gasteiger partial charge in [0.2, 0.25) is 5.82 Å². The molecule has 0 aliphatic carbocycles. The van der Waals surface area contributed by atoms with E-state index in [1.165, 1.54) is 7.11 Å². The highest BCUT2D eigenvalue weighted by Gasteiger charge is 2.34. The molecule has 0 amide bonds. The first-order valence-corrected chi connectivity index (χ1v) is 5.41. The molecule has 0 N–H and O–H groups in total. The Morgan fingerprint density at radius 3 is 1.90 bits per heavy atom. The maximum absolute atomic E-state index is 13.6. The second-order valence-electron chi connectivity index (χ2n) is 3.76. The fraction of sp³-hybridized carbons (Fsp3) is 0.167. The van der Waals surface area contributed by atoms with Crippen molar-refractivity contribution in [2.75, 3.05) is 7.11 Å². The summed E-state index contributed by atoms with van der Waals surface area (Å²) >= 11 is 0. The lowest BCUT2D eigenvalue weighted by atomic mass is 10.3. The molecule has 0 unspecified atom stereocenters. The van der Waals surface area contributed by atoms with Crippen LogP contribution in [0, 0.1) is 11.6 Å². The summed E-state index contributed by atoms with van der Waals surface area (Å²) in [7, 11) is 1.22. The molecule has 21 heavy (non-hydrogen) atoms. The topological polar surface area (TPSA) is 44.2 Å². The zero-order valence-electron chi connectivity index (χ0n) is 10.4. The summed E-state index contributed by atoms with van der Waals surface area (Å²) in [5, 5.41) is 0. The third-order valence-electron chi connectivity index (χ3n) is 2.31. The number of alkyl halides is 3. The largest absolute Gasteiger partial charge is 0.497 e. The minimum absolute atomic E-state index is 0.0685. The lowest BCUT2D eigenvalue weighted by Gasteiger charge is -2.10. The molecule has 0 saturated heterocycles. The van der Waals surface area contributed by atoms with Gasteiger partial charge in [-0.2, -0.15) is 13.2 Å². The molecule has 0 aliphatic rings. The van der Waals surface area contributed by atoms with Crippen LogP contribution in [0.1, 0.15) is 5.82 Å². The van der Waals surface area contributed by atoms with Gasteiger partial charge in [-0.3, -0.25) is 0 Å². The standard InChI is InChI=1S/C12H7F5N2O2/c1-20-6-2-8(13)10(9(14)3-6)21-7-4-18-11(19-5-7)12(15,16)17/h2-5H,1H3. The Kier molecular flexibility index (Phi) is 3.92. The van der Waals surface area contributed by atoms with E-state index in [-0.39, 0.29) is 11.5 Å². The van der Waals surface area contributed by atoms with E-state index in [1.807, 2.05) is 0 Å². The van der Waals surface area contributed by atoms with Crippen molar-refractivity contribution in [1.82, 2.24) is 9.97 Å². The molecule has 2 rings (SSSR count). The van der Waals surface area contributed by atoms with Gasteiger partial charge in [0.25, 0.3) is 0 Å². The van der Waals surface area contributed by atoms with Crippen LogP contribution >= 0.6 is 0 Å². The van der Waals surface area contributed by atoms with E-state index in [9.17, 15) is 22.0 Å². The average Bonchev–Trinajstić information content (AvgIpc) is 2.42. The fourth-order valence-corrected chi connectivity index (χ4v) is 1.39. The third kappa shape index (κ3) is 3.36. The van der Waals surface area contributed by atoms with E-state index in [4.69, 9.17) is 4.74 Å². The van der Waals surface area contributed by atoms with Gasteiger partial charge in [-0.1, -0.05) is 0 Å². The lowest BCUT2D eigenvalue weighted by molar-refractivity contribution is -0.145. The van der Waals surface area contributed by atoms with Gasteiger partial charge in [0.15, 0.2) is 23.1 Å². The molecule has 9 heteroatoms. The third-order valence-corrected chi connectivity index (χ3v) is 2.31. The van der Waals surface area contributed by atoms with Crippen LogP contribution < -0.4 is 9.47 Å². The molecular formula is C12H7F5N2O2. The number of ether oxygens (including phenoxy) is 2. The number of rotatable bonds is 3. The van der Waals surface area contributed by atoms with Crippen LogP contribution in [0.5, 0.6) is 17.2 Å². The monoisotopic (exact) mass is 306 g/mol. The van der Waals surface area contributed by atoms with Crippen molar-refractivity contribution < 1.29 is 31.4 Å². The Labute approximate surface area is 115 Å². The van der Waals surface area contributed by atoms with Gasteiger partial charge in [0.05, 0.1) is 19.5 Å². The molecule has 0 atom stereocenters. The number of hydrogen-bond acceptors (Lipinski definition) is 4. The van der Waals surface area contributed by atoms with Crippen LogP contribution in [0.15, 0.2) is 24.5 Å². The predicted molar refractivity (Wildman–Crippen MR) is 60.0 cm³/mol. The lowest BCUT2D eigenvalue weighted by Crippen LogP contribution is -2.10. The van der Waals surface area contributed by atoms with Crippen molar-refractivity contribution in [3.05, 3.63) is 42.0 Å². The molecule has 112 valence electrons. The SMILES string of the molecule is COc1cc(F)c(Oc2cnc(C(F)(F)F)nc2)c(F)c1. The van der Waals surface area contributed by atoms with Crippen molar-refractivity contribution in [3.63, 3.8) is 0 Å². The second kappa shape index (κ2) is 5.51. The van der Waals surface area contributed by atoms with Gasteiger partial charge in [-0.25, -0.2) is 18.7 Å². The van der Waals surface area contributed by atoms with Gasteiger partial charge in [-0.05, 0) is 0 Å². The normalized spacial score (nSPS) is 11.3. The molecule has 1 aromatic carbocycles. The first-order valence-electron chi connectivity index (χ1n) is 5.41. The summed E-state index contributed by atoms with van der Waals surface area (Å²) in [5.74, 6) is -4.74. The molecule has 0 saturated carbocycles. The van der Waals surface area contributed by atoms with Gasteiger partial charge >= 0.3 is 6.18 Å². The highest BCUT2D eigenvalue weighted by atomic mass is 19.4. The summed E-state index contributed by atoms with van der Waals surface area (Å²) in [6, 6.07) is 1.73. The summed E-state index contributed by atoms with van der Waals surface area (Å²) in [6.07, 6.45) is -3.38. The van der Waals surface area contributed by atoms with Crippen molar-refractivity contribution >= 4 is 0 Å². The first-order chi connectivity index (χ1) is 9.81. The van der Waals surface area contributed by atoms with Gasteiger partial charge < -0.3 is 9.47 Å². The number of hydrogen-bond donors (Lipinski definition) is 0. The van der Waals surface area contributed by atoms with Crippen LogP contribution in [0.4, 0.5) is 22.0 Å². The fourth-order valence-electron chi connectivity index (χ4n) is 1.39. The van der Waals surface area contributed by atoms with Crippen molar-refractivity contribution in [1.29, 1.82) is 0 Å². The zero-order chi connectivity index (χ0) is 15.6. The quantitative estimate of drug-likeness (QED) is 0.813. The maximum Gasteiger partial charge on any atom is 0.451 e. The van der Waals surface area contributed by atoms with E-state index < -0.39 is 29.4 Å². The molecule has 1 aromatic heterocycles.